The first kappa shape index (κ1) is 15.1. The van der Waals surface area contributed by atoms with Gasteiger partial charge in [0.15, 0.2) is 0 Å². The minimum Gasteiger partial charge on any atom is -0.478 e. The molecule has 0 aliphatic heterocycles. The first-order valence-electron chi connectivity index (χ1n) is 5.57. The summed E-state index contributed by atoms with van der Waals surface area (Å²) in [6, 6.07) is 3.26. The molecule has 0 fully saturated rings. The van der Waals surface area contributed by atoms with E-state index in [1.807, 2.05) is 0 Å². The highest BCUT2D eigenvalue weighted by atomic mass is 16.6. The van der Waals surface area contributed by atoms with Crippen LogP contribution in [-0.2, 0) is 4.79 Å². The van der Waals surface area contributed by atoms with Gasteiger partial charge in [0.25, 0.3) is 5.69 Å². The quantitative estimate of drug-likeness (QED) is 0.371. The number of nitro benzene ring substituents is 1. The summed E-state index contributed by atoms with van der Waals surface area (Å²) in [6.07, 6.45) is 6.02. The number of carboxylic acid groups (broad SMARTS) is 1. The molecule has 0 heterocycles. The van der Waals surface area contributed by atoms with Gasteiger partial charge in [0.1, 0.15) is 5.69 Å². The fourth-order valence-corrected chi connectivity index (χ4v) is 1.35. The van der Waals surface area contributed by atoms with Crippen molar-refractivity contribution in [2.75, 3.05) is 5.32 Å². The molecule has 0 bridgehead atoms. The summed E-state index contributed by atoms with van der Waals surface area (Å²) in [5.41, 5.74) is -0.757. The van der Waals surface area contributed by atoms with Crippen LogP contribution in [0, 0.1) is 10.1 Å². The van der Waals surface area contributed by atoms with Crippen LogP contribution in [0.2, 0.25) is 0 Å². The van der Waals surface area contributed by atoms with Crippen molar-refractivity contribution in [2.45, 2.75) is 6.92 Å². The molecule has 2 N–H and O–H groups in total. The standard InChI is InChI=1S/C13H12N2O5/c1-2-3-4-5-12(16)14-10-7-6-9(13(17)18)8-11(10)15(19)20/h2-8H,1H3,(H,14,16)(H,17,18)/b3-2+,5-4+. The third-order valence-corrected chi connectivity index (χ3v) is 2.25. The maximum absolute atomic E-state index is 11.5. The van der Waals surface area contributed by atoms with Gasteiger partial charge in [-0.1, -0.05) is 18.2 Å². The lowest BCUT2D eigenvalue weighted by Crippen LogP contribution is -2.10. The van der Waals surface area contributed by atoms with Crippen LogP contribution in [0.1, 0.15) is 17.3 Å². The number of anilines is 1. The van der Waals surface area contributed by atoms with Gasteiger partial charge in [-0.25, -0.2) is 4.79 Å². The highest BCUT2D eigenvalue weighted by Crippen LogP contribution is 2.25. The van der Waals surface area contributed by atoms with Crippen LogP contribution >= 0.6 is 0 Å². The Morgan fingerprint density at radius 1 is 1.35 bits per heavy atom. The van der Waals surface area contributed by atoms with Crippen molar-refractivity contribution >= 4 is 23.3 Å². The molecular weight excluding hydrogens is 264 g/mol. The van der Waals surface area contributed by atoms with Gasteiger partial charge in [-0.15, -0.1) is 0 Å². The monoisotopic (exact) mass is 276 g/mol. The van der Waals surface area contributed by atoms with E-state index in [1.165, 1.54) is 24.3 Å². The summed E-state index contributed by atoms with van der Waals surface area (Å²) in [6.45, 7) is 1.78. The average Bonchev–Trinajstić information content (AvgIpc) is 2.38. The SMILES string of the molecule is C/C=C/C=C/C(=O)Nc1ccc(C(=O)O)cc1[N+](=O)[O-]. The third-order valence-electron chi connectivity index (χ3n) is 2.25. The Labute approximate surface area is 114 Å². The third kappa shape index (κ3) is 4.05. The molecule has 0 spiro atoms. The lowest BCUT2D eigenvalue weighted by molar-refractivity contribution is -0.384. The molecule has 7 nitrogen and oxygen atoms in total. The molecular formula is C13H12N2O5. The lowest BCUT2D eigenvalue weighted by atomic mass is 10.1. The normalized spacial score (nSPS) is 10.8. The summed E-state index contributed by atoms with van der Waals surface area (Å²) < 4.78 is 0. The Bertz CT molecular complexity index is 605. The first-order valence-corrected chi connectivity index (χ1v) is 5.57. The zero-order chi connectivity index (χ0) is 15.1. The number of nitro groups is 1. The van der Waals surface area contributed by atoms with Gasteiger partial charge < -0.3 is 10.4 Å². The molecule has 20 heavy (non-hydrogen) atoms. The van der Waals surface area contributed by atoms with Crippen LogP contribution in [0.4, 0.5) is 11.4 Å². The van der Waals surface area contributed by atoms with Crippen LogP contribution in [-0.4, -0.2) is 21.9 Å². The number of nitrogens with one attached hydrogen (secondary N) is 1. The Balaban J connectivity index is 3.03. The number of carbonyl (C=O) groups excluding carboxylic acids is 1. The molecule has 1 aromatic carbocycles. The van der Waals surface area contributed by atoms with Gasteiger partial charge in [-0.3, -0.25) is 14.9 Å². The zero-order valence-electron chi connectivity index (χ0n) is 10.6. The van der Waals surface area contributed by atoms with Crippen molar-refractivity contribution in [3.8, 4) is 0 Å². The highest BCUT2D eigenvalue weighted by Gasteiger charge is 2.18. The Morgan fingerprint density at radius 2 is 2.05 bits per heavy atom. The fourth-order valence-electron chi connectivity index (χ4n) is 1.35. The number of benzene rings is 1. The maximum Gasteiger partial charge on any atom is 0.335 e. The number of allylic oxidation sites excluding steroid dienone is 3. The minimum atomic E-state index is -1.28. The van der Waals surface area contributed by atoms with E-state index in [1.54, 1.807) is 19.1 Å². The van der Waals surface area contributed by atoms with Crippen LogP contribution in [0.3, 0.4) is 0 Å². The number of carbonyl (C=O) groups is 2. The predicted octanol–water partition coefficient (Wildman–Crippen LogP) is 2.36. The van der Waals surface area contributed by atoms with Crippen LogP contribution < -0.4 is 5.32 Å². The van der Waals surface area contributed by atoms with Gasteiger partial charge in [-0.2, -0.15) is 0 Å². The summed E-state index contributed by atoms with van der Waals surface area (Å²) in [4.78, 5) is 32.4. The molecule has 0 radical (unpaired) electrons. The van der Waals surface area contributed by atoms with Crippen molar-refractivity contribution in [1.82, 2.24) is 0 Å². The van der Waals surface area contributed by atoms with Crippen molar-refractivity contribution in [3.05, 3.63) is 58.2 Å². The lowest BCUT2D eigenvalue weighted by Gasteiger charge is -2.04. The summed E-state index contributed by atoms with van der Waals surface area (Å²) >= 11 is 0. The summed E-state index contributed by atoms with van der Waals surface area (Å²) in [7, 11) is 0. The van der Waals surface area contributed by atoms with E-state index in [-0.39, 0.29) is 11.3 Å². The number of hydrogen-bond acceptors (Lipinski definition) is 4. The van der Waals surface area contributed by atoms with E-state index in [2.05, 4.69) is 5.32 Å². The van der Waals surface area contributed by atoms with Gasteiger partial charge in [0, 0.05) is 12.1 Å². The van der Waals surface area contributed by atoms with Crippen molar-refractivity contribution in [3.63, 3.8) is 0 Å². The van der Waals surface area contributed by atoms with Crippen LogP contribution in [0.15, 0.2) is 42.5 Å². The highest BCUT2D eigenvalue weighted by molar-refractivity contribution is 6.01. The van der Waals surface area contributed by atoms with Gasteiger partial charge >= 0.3 is 5.97 Å². The molecule has 1 aromatic rings. The van der Waals surface area contributed by atoms with Crippen LogP contribution in [0.25, 0.3) is 0 Å². The maximum atomic E-state index is 11.5. The molecule has 0 saturated carbocycles. The number of amides is 1. The molecule has 0 saturated heterocycles. The molecule has 1 rings (SSSR count). The van der Waals surface area contributed by atoms with Gasteiger partial charge in [0.2, 0.25) is 5.91 Å². The largest absolute Gasteiger partial charge is 0.478 e. The average molecular weight is 276 g/mol. The summed E-state index contributed by atoms with van der Waals surface area (Å²) in [5.74, 6) is -1.83. The molecule has 7 heteroatoms. The number of carboxylic acids is 1. The van der Waals surface area contributed by atoms with Gasteiger partial charge in [0.05, 0.1) is 10.5 Å². The number of hydrogen-bond donors (Lipinski definition) is 2. The van der Waals surface area contributed by atoms with Crippen molar-refractivity contribution in [2.24, 2.45) is 0 Å². The van der Waals surface area contributed by atoms with Crippen molar-refractivity contribution in [1.29, 1.82) is 0 Å². The molecule has 0 aliphatic carbocycles. The zero-order valence-corrected chi connectivity index (χ0v) is 10.6. The Hall–Kier alpha value is -2.96. The molecule has 0 atom stereocenters. The Morgan fingerprint density at radius 3 is 2.60 bits per heavy atom. The Kier molecular flexibility index (Phi) is 5.16. The molecule has 0 aliphatic rings. The smallest absolute Gasteiger partial charge is 0.335 e. The minimum absolute atomic E-state index is 0.0601. The summed E-state index contributed by atoms with van der Waals surface area (Å²) in [5, 5.41) is 22.0. The van der Waals surface area contributed by atoms with E-state index in [0.717, 1.165) is 6.07 Å². The number of rotatable bonds is 5. The van der Waals surface area contributed by atoms with Crippen LogP contribution in [0.5, 0.6) is 0 Å². The van der Waals surface area contributed by atoms with E-state index >= 15 is 0 Å². The second-order valence-electron chi connectivity index (χ2n) is 3.67. The fraction of sp³-hybridized carbons (Fsp3) is 0.0769. The van der Waals surface area contributed by atoms with E-state index in [9.17, 15) is 19.7 Å². The van der Waals surface area contributed by atoms with E-state index in [4.69, 9.17) is 5.11 Å². The first-order chi connectivity index (χ1) is 9.45. The van der Waals surface area contributed by atoms with Gasteiger partial charge in [-0.05, 0) is 19.1 Å². The molecule has 1 amide bonds. The topological polar surface area (TPSA) is 110 Å². The predicted molar refractivity (Wildman–Crippen MR) is 72.6 cm³/mol. The molecule has 104 valence electrons. The molecule has 0 aromatic heterocycles. The van der Waals surface area contributed by atoms with E-state index < -0.39 is 22.5 Å². The van der Waals surface area contributed by atoms with E-state index in [0.29, 0.717) is 0 Å². The van der Waals surface area contributed by atoms with Crippen molar-refractivity contribution < 1.29 is 19.6 Å². The second-order valence-corrected chi connectivity index (χ2v) is 3.67. The second kappa shape index (κ2) is 6.83. The number of nitrogens with zero attached hydrogens (tertiary/aromatic N) is 1. The molecule has 0 unspecified atom stereocenters. The number of aromatic carboxylic acids is 1.